The SMILES string of the molecule is COC[C@H](C)Nc1ncc2c(-c3cnn(CC4CNC(=O)C4)c3)cc(C3CCC(O)CC3)n2n1. The van der Waals surface area contributed by atoms with Crippen LogP contribution in [0.3, 0.4) is 0 Å². The number of nitrogens with zero attached hydrogens (tertiary/aromatic N) is 5. The summed E-state index contributed by atoms with van der Waals surface area (Å²) in [6.45, 7) is 4.00. The third kappa shape index (κ3) is 4.78. The minimum atomic E-state index is -0.209. The number of fused-ring (bicyclic) bond motifs is 1. The average molecular weight is 468 g/mol. The van der Waals surface area contributed by atoms with E-state index in [0.717, 1.165) is 48.0 Å². The molecule has 0 radical (unpaired) electrons. The van der Waals surface area contributed by atoms with Crippen molar-refractivity contribution in [3.63, 3.8) is 0 Å². The van der Waals surface area contributed by atoms with Crippen molar-refractivity contribution in [2.75, 3.05) is 25.6 Å². The zero-order valence-electron chi connectivity index (χ0n) is 19.8. The highest BCUT2D eigenvalue weighted by Gasteiger charge is 2.26. The van der Waals surface area contributed by atoms with Gasteiger partial charge in [-0.25, -0.2) is 9.50 Å². The fourth-order valence-electron chi connectivity index (χ4n) is 5.15. The Bertz CT molecular complexity index is 1150. The topological polar surface area (TPSA) is 119 Å². The van der Waals surface area contributed by atoms with Crippen molar-refractivity contribution in [3.05, 3.63) is 30.4 Å². The van der Waals surface area contributed by atoms with Gasteiger partial charge in [0.15, 0.2) is 0 Å². The third-order valence-electron chi connectivity index (χ3n) is 6.90. The van der Waals surface area contributed by atoms with Crippen LogP contribution in [0.25, 0.3) is 16.6 Å². The number of aromatic nitrogens is 5. The highest BCUT2D eigenvalue weighted by atomic mass is 16.5. The number of ether oxygens (including phenoxy) is 1. The van der Waals surface area contributed by atoms with Gasteiger partial charge in [-0.1, -0.05) is 0 Å². The third-order valence-corrected chi connectivity index (χ3v) is 6.90. The molecule has 1 unspecified atom stereocenters. The molecule has 10 heteroatoms. The number of methoxy groups -OCH3 is 1. The van der Waals surface area contributed by atoms with Crippen LogP contribution < -0.4 is 10.6 Å². The lowest BCUT2D eigenvalue weighted by atomic mass is 9.85. The zero-order valence-corrected chi connectivity index (χ0v) is 19.8. The number of anilines is 1. The van der Waals surface area contributed by atoms with Crippen LogP contribution in [0.1, 0.15) is 50.6 Å². The van der Waals surface area contributed by atoms with Gasteiger partial charge in [-0.05, 0) is 38.7 Å². The van der Waals surface area contributed by atoms with Crippen molar-refractivity contribution in [2.45, 2.75) is 63.6 Å². The Morgan fingerprint density at radius 1 is 1.29 bits per heavy atom. The molecule has 2 aliphatic rings. The fourth-order valence-corrected chi connectivity index (χ4v) is 5.15. The number of rotatable bonds is 8. The lowest BCUT2D eigenvalue weighted by Crippen LogP contribution is -2.23. The second-order valence-corrected chi connectivity index (χ2v) is 9.69. The van der Waals surface area contributed by atoms with Crippen LogP contribution in [0, 0.1) is 5.92 Å². The molecule has 0 spiro atoms. The molecule has 3 aromatic rings. The van der Waals surface area contributed by atoms with E-state index in [1.165, 1.54) is 0 Å². The largest absolute Gasteiger partial charge is 0.393 e. The molecule has 5 rings (SSSR count). The molecule has 34 heavy (non-hydrogen) atoms. The molecule has 0 aromatic carbocycles. The number of carbonyl (C=O) groups is 1. The van der Waals surface area contributed by atoms with E-state index in [-0.39, 0.29) is 24.0 Å². The number of carbonyl (C=O) groups excluding carboxylic acids is 1. The normalized spacial score (nSPS) is 23.9. The van der Waals surface area contributed by atoms with E-state index in [1.54, 1.807) is 7.11 Å². The average Bonchev–Trinajstić information content (AvgIpc) is 3.53. The minimum absolute atomic E-state index is 0.0842. The van der Waals surface area contributed by atoms with E-state index in [2.05, 4.69) is 26.8 Å². The van der Waals surface area contributed by atoms with Crippen LogP contribution in [0.2, 0.25) is 0 Å². The Morgan fingerprint density at radius 2 is 2.12 bits per heavy atom. The Morgan fingerprint density at radius 3 is 2.85 bits per heavy atom. The molecule has 1 saturated heterocycles. The van der Waals surface area contributed by atoms with Crippen LogP contribution in [0.5, 0.6) is 0 Å². The van der Waals surface area contributed by atoms with Gasteiger partial charge in [0.05, 0.1) is 30.6 Å². The molecule has 3 aromatic heterocycles. The maximum atomic E-state index is 11.5. The second kappa shape index (κ2) is 9.71. The first-order chi connectivity index (χ1) is 16.5. The number of hydrogen-bond donors (Lipinski definition) is 3. The van der Waals surface area contributed by atoms with Gasteiger partial charge in [-0.3, -0.25) is 9.48 Å². The predicted octanol–water partition coefficient (Wildman–Crippen LogP) is 2.19. The van der Waals surface area contributed by atoms with E-state index < -0.39 is 0 Å². The summed E-state index contributed by atoms with van der Waals surface area (Å²) < 4.78 is 9.15. The summed E-state index contributed by atoms with van der Waals surface area (Å²) in [6, 6.07) is 2.29. The molecule has 1 amide bonds. The van der Waals surface area contributed by atoms with Crippen LogP contribution in [0.15, 0.2) is 24.7 Å². The number of aliphatic hydroxyl groups excluding tert-OH is 1. The highest BCUT2D eigenvalue weighted by molar-refractivity contribution is 5.81. The fraction of sp³-hybridized carbons (Fsp3) is 0.583. The van der Waals surface area contributed by atoms with E-state index >= 15 is 0 Å². The molecule has 0 bridgehead atoms. The van der Waals surface area contributed by atoms with Gasteiger partial charge in [0.25, 0.3) is 0 Å². The van der Waals surface area contributed by atoms with Gasteiger partial charge < -0.3 is 20.5 Å². The number of aliphatic hydroxyl groups is 1. The van der Waals surface area contributed by atoms with Crippen molar-refractivity contribution in [3.8, 4) is 11.1 Å². The minimum Gasteiger partial charge on any atom is -0.393 e. The Labute approximate surface area is 198 Å². The summed E-state index contributed by atoms with van der Waals surface area (Å²) in [7, 11) is 1.68. The van der Waals surface area contributed by atoms with Crippen LogP contribution in [-0.2, 0) is 16.1 Å². The van der Waals surface area contributed by atoms with Crippen molar-refractivity contribution in [1.29, 1.82) is 0 Å². The van der Waals surface area contributed by atoms with Gasteiger partial charge >= 0.3 is 0 Å². The van der Waals surface area contributed by atoms with Crippen molar-refractivity contribution < 1.29 is 14.6 Å². The summed E-state index contributed by atoms with van der Waals surface area (Å²) >= 11 is 0. The maximum Gasteiger partial charge on any atom is 0.241 e. The van der Waals surface area contributed by atoms with Crippen molar-refractivity contribution >= 4 is 17.4 Å². The van der Waals surface area contributed by atoms with E-state index in [9.17, 15) is 9.90 Å². The molecular weight excluding hydrogens is 434 g/mol. The molecule has 10 nitrogen and oxygen atoms in total. The summed E-state index contributed by atoms with van der Waals surface area (Å²) in [6.07, 6.45) is 9.60. The number of nitrogens with one attached hydrogen (secondary N) is 2. The molecule has 1 aliphatic heterocycles. The molecule has 3 N–H and O–H groups in total. The van der Waals surface area contributed by atoms with Crippen LogP contribution in [0.4, 0.5) is 5.95 Å². The number of hydrogen-bond acceptors (Lipinski definition) is 7. The molecule has 4 heterocycles. The Kier molecular flexibility index (Phi) is 6.51. The molecule has 2 atom stereocenters. The van der Waals surface area contributed by atoms with Crippen molar-refractivity contribution in [1.82, 2.24) is 29.7 Å². The smallest absolute Gasteiger partial charge is 0.241 e. The summed E-state index contributed by atoms with van der Waals surface area (Å²) in [5.74, 6) is 1.26. The van der Waals surface area contributed by atoms with Gasteiger partial charge in [0, 0.05) is 67.5 Å². The first-order valence-electron chi connectivity index (χ1n) is 12.1. The van der Waals surface area contributed by atoms with E-state index in [4.69, 9.17) is 9.84 Å². The maximum absolute atomic E-state index is 11.5. The van der Waals surface area contributed by atoms with Crippen molar-refractivity contribution in [2.24, 2.45) is 5.92 Å². The highest BCUT2D eigenvalue weighted by Crippen LogP contribution is 2.37. The molecule has 2 fully saturated rings. The summed E-state index contributed by atoms with van der Waals surface area (Å²) in [5.41, 5.74) is 4.13. The Hall–Kier alpha value is -2.98. The van der Waals surface area contributed by atoms with Crippen LogP contribution in [-0.4, -0.2) is 67.8 Å². The zero-order chi connectivity index (χ0) is 23.7. The van der Waals surface area contributed by atoms with Gasteiger partial charge in [-0.2, -0.15) is 5.10 Å². The summed E-state index contributed by atoms with van der Waals surface area (Å²) in [5, 5.41) is 25.6. The van der Waals surface area contributed by atoms with E-state index in [1.807, 2.05) is 34.7 Å². The van der Waals surface area contributed by atoms with Gasteiger partial charge in [0.2, 0.25) is 11.9 Å². The molecular formula is C24H33N7O3. The van der Waals surface area contributed by atoms with E-state index in [0.29, 0.717) is 38.0 Å². The quantitative estimate of drug-likeness (QED) is 0.465. The monoisotopic (exact) mass is 467 g/mol. The second-order valence-electron chi connectivity index (χ2n) is 9.69. The Balaban J connectivity index is 1.47. The predicted molar refractivity (Wildman–Crippen MR) is 128 cm³/mol. The van der Waals surface area contributed by atoms with Crippen LogP contribution >= 0.6 is 0 Å². The molecule has 182 valence electrons. The molecule has 1 saturated carbocycles. The standard InChI is InChI=1S/C24H33N7O3/c1-15(14-34-2)28-24-26-11-22-20(8-21(31(22)29-24)17-3-5-19(32)6-4-17)18-10-27-30(13-18)12-16-7-23(33)25-9-16/h8,10-11,13,15-17,19,32H,3-7,9,12,14H2,1-2H3,(H,25,33)(H,28,29)/t15-,16?,17?,19?/m0/s1. The van der Waals surface area contributed by atoms with Gasteiger partial charge in [0.1, 0.15) is 0 Å². The number of amides is 1. The van der Waals surface area contributed by atoms with Gasteiger partial charge in [-0.15, -0.1) is 5.10 Å². The molecule has 1 aliphatic carbocycles. The lowest BCUT2D eigenvalue weighted by Gasteiger charge is -2.25. The summed E-state index contributed by atoms with van der Waals surface area (Å²) in [4.78, 5) is 16.1. The first kappa shape index (κ1) is 22.8. The first-order valence-corrected chi connectivity index (χ1v) is 12.1. The lowest BCUT2D eigenvalue weighted by molar-refractivity contribution is -0.119.